The van der Waals surface area contributed by atoms with Gasteiger partial charge < -0.3 is 15.0 Å². The van der Waals surface area contributed by atoms with Crippen molar-refractivity contribution in [3.05, 3.63) is 30.0 Å². The molecule has 20 heavy (non-hydrogen) atoms. The second kappa shape index (κ2) is 5.00. The first-order valence-electron chi connectivity index (χ1n) is 6.73. The van der Waals surface area contributed by atoms with E-state index in [1.807, 2.05) is 18.2 Å². The van der Waals surface area contributed by atoms with Gasteiger partial charge in [-0.3, -0.25) is 9.59 Å². The lowest BCUT2D eigenvalue weighted by molar-refractivity contribution is -0.142. The number of carboxylic acid groups (broad SMARTS) is 1. The number of carbonyl (C=O) groups is 2. The highest BCUT2D eigenvalue weighted by Crippen LogP contribution is 2.27. The van der Waals surface area contributed by atoms with Gasteiger partial charge in [-0.15, -0.1) is 0 Å². The predicted octanol–water partition coefficient (Wildman–Crippen LogP) is 2.28. The Kier molecular flexibility index (Phi) is 3.18. The van der Waals surface area contributed by atoms with E-state index in [0.29, 0.717) is 18.4 Å². The number of rotatable bonds is 3. The number of carboxylic acids is 1. The summed E-state index contributed by atoms with van der Waals surface area (Å²) in [4.78, 5) is 27.2. The molecule has 104 valence electrons. The number of anilines is 1. The molecule has 0 unspecified atom stereocenters. The van der Waals surface area contributed by atoms with Crippen molar-refractivity contribution in [1.82, 2.24) is 4.98 Å². The van der Waals surface area contributed by atoms with Crippen LogP contribution in [0.2, 0.25) is 0 Å². The van der Waals surface area contributed by atoms with Crippen LogP contribution < -0.4 is 4.90 Å². The lowest BCUT2D eigenvalue weighted by atomic mass is 9.96. The number of nitrogens with zero attached hydrogens (tertiary/aromatic N) is 1. The fourth-order valence-electron chi connectivity index (χ4n) is 2.81. The van der Waals surface area contributed by atoms with E-state index in [-0.39, 0.29) is 5.92 Å². The molecular weight excluding hydrogens is 256 g/mol. The van der Waals surface area contributed by atoms with Crippen LogP contribution in [0.3, 0.4) is 0 Å². The molecule has 2 heterocycles. The third-order valence-electron chi connectivity index (χ3n) is 4.03. The molecule has 0 bridgehead atoms. The quantitative estimate of drug-likeness (QED) is 0.841. The van der Waals surface area contributed by atoms with Crippen molar-refractivity contribution in [2.45, 2.75) is 12.8 Å². The number of H-pyrrole nitrogens is 1. The summed E-state index contributed by atoms with van der Waals surface area (Å²) in [6.45, 7) is 1.48. The third kappa shape index (κ3) is 2.15. The average molecular weight is 272 g/mol. The summed E-state index contributed by atoms with van der Waals surface area (Å²) in [5.41, 5.74) is 2.64. The van der Waals surface area contributed by atoms with Crippen LogP contribution in [0.15, 0.2) is 24.4 Å². The molecule has 5 nitrogen and oxygen atoms in total. The molecule has 0 radical (unpaired) electrons. The predicted molar refractivity (Wildman–Crippen MR) is 76.3 cm³/mol. The smallest absolute Gasteiger partial charge is 0.306 e. The third-order valence-corrected chi connectivity index (χ3v) is 4.03. The molecule has 2 N–H and O–H groups in total. The molecule has 0 saturated carbocycles. The zero-order chi connectivity index (χ0) is 14.1. The lowest BCUT2D eigenvalue weighted by Gasteiger charge is -2.32. The second-order valence-corrected chi connectivity index (χ2v) is 5.19. The maximum Gasteiger partial charge on any atom is 0.306 e. The number of carbonyl (C=O) groups excluding carboxylic acids is 1. The molecule has 1 aliphatic rings. The van der Waals surface area contributed by atoms with Gasteiger partial charge in [0.2, 0.25) is 0 Å². The number of benzene rings is 1. The van der Waals surface area contributed by atoms with Gasteiger partial charge in [0.1, 0.15) is 0 Å². The molecule has 1 saturated heterocycles. The van der Waals surface area contributed by atoms with Crippen molar-refractivity contribution in [1.29, 1.82) is 0 Å². The highest BCUT2D eigenvalue weighted by molar-refractivity contribution is 5.98. The fraction of sp³-hybridized carbons (Fsp3) is 0.333. The molecule has 1 aromatic carbocycles. The maximum atomic E-state index is 11.0. The lowest BCUT2D eigenvalue weighted by Crippen LogP contribution is -2.36. The normalized spacial score (nSPS) is 16.5. The minimum atomic E-state index is -0.700. The number of hydrogen-bond donors (Lipinski definition) is 2. The zero-order valence-electron chi connectivity index (χ0n) is 11.0. The van der Waals surface area contributed by atoms with Gasteiger partial charge in [0.15, 0.2) is 6.29 Å². The van der Waals surface area contributed by atoms with Crippen LogP contribution in [0.25, 0.3) is 10.9 Å². The van der Waals surface area contributed by atoms with Gasteiger partial charge in [-0.25, -0.2) is 0 Å². The number of hydrogen-bond acceptors (Lipinski definition) is 3. The van der Waals surface area contributed by atoms with E-state index in [4.69, 9.17) is 5.11 Å². The Balaban J connectivity index is 1.84. The molecule has 3 rings (SSSR count). The van der Waals surface area contributed by atoms with Gasteiger partial charge in [0, 0.05) is 41.4 Å². The number of aliphatic carboxylic acids is 1. The summed E-state index contributed by atoms with van der Waals surface area (Å²) in [7, 11) is 0. The molecule has 0 spiro atoms. The van der Waals surface area contributed by atoms with E-state index in [1.54, 1.807) is 6.20 Å². The summed E-state index contributed by atoms with van der Waals surface area (Å²) in [5.74, 6) is -0.929. The summed E-state index contributed by atoms with van der Waals surface area (Å²) in [6, 6.07) is 5.96. The average Bonchev–Trinajstić information content (AvgIpc) is 2.89. The topological polar surface area (TPSA) is 73.4 Å². The molecule has 1 fully saturated rings. The SMILES string of the molecule is O=Cc1c[nH]c2ccc(N3CCC(C(=O)O)CC3)cc12. The molecule has 1 aliphatic heterocycles. The molecule has 2 aromatic rings. The minimum Gasteiger partial charge on any atom is -0.481 e. The van der Waals surface area contributed by atoms with Crippen molar-refractivity contribution in [2.24, 2.45) is 5.92 Å². The van der Waals surface area contributed by atoms with Crippen molar-refractivity contribution in [2.75, 3.05) is 18.0 Å². The number of aldehydes is 1. The number of aromatic nitrogens is 1. The summed E-state index contributed by atoms with van der Waals surface area (Å²) >= 11 is 0. The van der Waals surface area contributed by atoms with Gasteiger partial charge >= 0.3 is 5.97 Å². The highest BCUT2D eigenvalue weighted by Gasteiger charge is 2.24. The largest absolute Gasteiger partial charge is 0.481 e. The molecule has 0 aliphatic carbocycles. The Hall–Kier alpha value is -2.30. The van der Waals surface area contributed by atoms with E-state index >= 15 is 0 Å². The fourth-order valence-corrected chi connectivity index (χ4v) is 2.81. The molecule has 1 aromatic heterocycles. The molecule has 0 amide bonds. The number of piperidine rings is 1. The molecule has 0 atom stereocenters. The van der Waals surface area contributed by atoms with Gasteiger partial charge in [-0.1, -0.05) is 0 Å². The first-order chi connectivity index (χ1) is 9.69. The zero-order valence-corrected chi connectivity index (χ0v) is 11.0. The van der Waals surface area contributed by atoms with Crippen molar-refractivity contribution in [3.8, 4) is 0 Å². The Morgan fingerprint density at radius 3 is 2.75 bits per heavy atom. The van der Waals surface area contributed by atoms with E-state index in [2.05, 4.69) is 9.88 Å². The van der Waals surface area contributed by atoms with Crippen LogP contribution in [0.4, 0.5) is 5.69 Å². The number of nitrogens with one attached hydrogen (secondary N) is 1. The Bertz CT molecular complexity index is 654. The highest BCUT2D eigenvalue weighted by atomic mass is 16.4. The van der Waals surface area contributed by atoms with Crippen LogP contribution in [-0.4, -0.2) is 35.4 Å². The van der Waals surface area contributed by atoms with Crippen LogP contribution in [0.1, 0.15) is 23.2 Å². The minimum absolute atomic E-state index is 0.229. The maximum absolute atomic E-state index is 11.0. The first kappa shape index (κ1) is 12.7. The van der Waals surface area contributed by atoms with Crippen molar-refractivity contribution in [3.63, 3.8) is 0 Å². The summed E-state index contributed by atoms with van der Waals surface area (Å²) < 4.78 is 0. The standard InChI is InChI=1S/C15H16N2O3/c18-9-11-8-16-14-2-1-12(7-13(11)14)17-5-3-10(4-6-17)15(19)20/h1-2,7-10,16H,3-6H2,(H,19,20). The van der Waals surface area contributed by atoms with Gasteiger partial charge in [0.05, 0.1) is 5.92 Å². The second-order valence-electron chi connectivity index (χ2n) is 5.19. The first-order valence-corrected chi connectivity index (χ1v) is 6.73. The Morgan fingerprint density at radius 1 is 1.35 bits per heavy atom. The van der Waals surface area contributed by atoms with Crippen LogP contribution in [-0.2, 0) is 4.79 Å². The number of aromatic amines is 1. The van der Waals surface area contributed by atoms with E-state index in [1.165, 1.54) is 0 Å². The van der Waals surface area contributed by atoms with Gasteiger partial charge in [-0.05, 0) is 31.0 Å². The van der Waals surface area contributed by atoms with Crippen LogP contribution >= 0.6 is 0 Å². The van der Waals surface area contributed by atoms with E-state index in [9.17, 15) is 9.59 Å². The summed E-state index contributed by atoms with van der Waals surface area (Å²) in [5, 5.41) is 9.93. The van der Waals surface area contributed by atoms with Gasteiger partial charge in [0.25, 0.3) is 0 Å². The Morgan fingerprint density at radius 2 is 2.10 bits per heavy atom. The Labute approximate surface area is 116 Å². The summed E-state index contributed by atoms with van der Waals surface area (Å²) in [6.07, 6.45) is 3.89. The van der Waals surface area contributed by atoms with Crippen molar-refractivity contribution < 1.29 is 14.7 Å². The van der Waals surface area contributed by atoms with E-state index < -0.39 is 5.97 Å². The monoisotopic (exact) mass is 272 g/mol. The van der Waals surface area contributed by atoms with Crippen LogP contribution in [0, 0.1) is 5.92 Å². The van der Waals surface area contributed by atoms with Crippen molar-refractivity contribution >= 4 is 28.8 Å². The van der Waals surface area contributed by atoms with Gasteiger partial charge in [-0.2, -0.15) is 0 Å². The van der Waals surface area contributed by atoms with E-state index in [0.717, 1.165) is 36.0 Å². The molecular formula is C15H16N2O3. The molecule has 5 heteroatoms. The van der Waals surface area contributed by atoms with Crippen LogP contribution in [0.5, 0.6) is 0 Å². The number of fused-ring (bicyclic) bond motifs is 1.